The molecule has 0 saturated heterocycles. The van der Waals surface area contributed by atoms with Gasteiger partial charge in [-0.2, -0.15) is 5.26 Å². The lowest BCUT2D eigenvalue weighted by Crippen LogP contribution is -2.50. The topological polar surface area (TPSA) is 138 Å². The van der Waals surface area contributed by atoms with Gasteiger partial charge < -0.3 is 10.1 Å². The Morgan fingerprint density at radius 3 is 2.57 bits per heavy atom. The monoisotopic (exact) mass is 406 g/mol. The molecular formula is C18H22N4O5S. The first-order valence-corrected chi connectivity index (χ1v) is 10.1. The fourth-order valence-electron chi connectivity index (χ4n) is 2.36. The third-order valence-corrected chi connectivity index (χ3v) is 5.86. The van der Waals surface area contributed by atoms with Crippen molar-refractivity contribution in [2.45, 2.75) is 44.2 Å². The Kier molecular flexibility index (Phi) is 6.09. The molecule has 0 aliphatic carbocycles. The second kappa shape index (κ2) is 7.98. The van der Waals surface area contributed by atoms with Crippen molar-refractivity contribution in [2.24, 2.45) is 10.9 Å². The zero-order valence-electron chi connectivity index (χ0n) is 16.0. The number of amidine groups is 1. The van der Waals surface area contributed by atoms with Gasteiger partial charge in [-0.1, -0.05) is 26.0 Å². The quantitative estimate of drug-likeness (QED) is 0.668. The summed E-state index contributed by atoms with van der Waals surface area (Å²) in [5.41, 5.74) is -0.720. The van der Waals surface area contributed by atoms with Gasteiger partial charge in [0.05, 0.1) is 11.0 Å². The highest BCUT2D eigenvalue weighted by Crippen LogP contribution is 2.22. The normalized spacial score (nSPS) is 19.1. The first kappa shape index (κ1) is 21.4. The molecule has 2 N–H and O–H groups in total. The van der Waals surface area contributed by atoms with Gasteiger partial charge in [0, 0.05) is 5.56 Å². The van der Waals surface area contributed by atoms with Gasteiger partial charge in [0.15, 0.2) is 6.61 Å². The number of nitriles is 1. The van der Waals surface area contributed by atoms with Crippen LogP contribution in [0.3, 0.4) is 0 Å². The predicted octanol–water partition coefficient (Wildman–Crippen LogP) is 0.711. The highest BCUT2D eigenvalue weighted by molar-refractivity contribution is 7.90. The Labute approximate surface area is 163 Å². The molecule has 1 amide bonds. The van der Waals surface area contributed by atoms with Crippen LogP contribution in [0, 0.1) is 17.2 Å². The third-order valence-electron chi connectivity index (χ3n) is 4.46. The lowest BCUT2D eigenvalue weighted by Gasteiger charge is -2.27. The van der Waals surface area contributed by atoms with E-state index < -0.39 is 40.1 Å². The molecule has 0 aromatic heterocycles. The van der Waals surface area contributed by atoms with Gasteiger partial charge in [-0.05, 0) is 31.9 Å². The van der Waals surface area contributed by atoms with Crippen molar-refractivity contribution < 1.29 is 22.7 Å². The first-order chi connectivity index (χ1) is 13.0. The number of esters is 1. The van der Waals surface area contributed by atoms with Crippen molar-refractivity contribution in [1.29, 1.82) is 5.26 Å². The minimum atomic E-state index is -3.71. The van der Waals surface area contributed by atoms with Crippen LogP contribution in [0.15, 0.2) is 34.2 Å². The number of carbonyl (C=O) groups is 2. The van der Waals surface area contributed by atoms with Crippen molar-refractivity contribution in [3.63, 3.8) is 0 Å². The molecule has 0 saturated carbocycles. The standard InChI is InChI=1S/C18H22N4O5S/c1-11(2)18(4,10-19)21-15(23)9-27-17(24)12(3)20-16-13-7-5-6-8-14(13)28(25,26)22-16/h5-8,11-12H,9H2,1-4H3,(H,20,22)(H,21,23)/t12-,18+/m0/s1. The highest BCUT2D eigenvalue weighted by atomic mass is 32.2. The van der Waals surface area contributed by atoms with Crippen LogP contribution in [0.1, 0.15) is 33.3 Å². The Hall–Kier alpha value is -2.93. The summed E-state index contributed by atoms with van der Waals surface area (Å²) in [4.78, 5) is 28.3. The molecule has 150 valence electrons. The number of rotatable bonds is 6. The molecule has 1 aromatic rings. The van der Waals surface area contributed by atoms with E-state index in [-0.39, 0.29) is 16.6 Å². The number of hydrogen-bond donors (Lipinski definition) is 2. The lowest BCUT2D eigenvalue weighted by molar-refractivity contribution is -0.149. The molecule has 2 atom stereocenters. The maximum atomic E-state index is 12.1. The number of nitrogens with one attached hydrogen (secondary N) is 2. The van der Waals surface area contributed by atoms with E-state index in [1.807, 2.05) is 6.07 Å². The summed E-state index contributed by atoms with van der Waals surface area (Å²) >= 11 is 0. The van der Waals surface area contributed by atoms with E-state index in [1.165, 1.54) is 13.0 Å². The van der Waals surface area contributed by atoms with Gasteiger partial charge in [0.2, 0.25) is 0 Å². The summed E-state index contributed by atoms with van der Waals surface area (Å²) in [7, 11) is -3.71. The van der Waals surface area contributed by atoms with Crippen LogP contribution in [-0.4, -0.2) is 44.3 Å². The molecule has 2 rings (SSSR count). The summed E-state index contributed by atoms with van der Waals surface area (Å²) in [5, 5.41) is 11.7. The number of hydrogen-bond acceptors (Lipinski definition) is 7. The SMILES string of the molecule is CC(C)[C@@](C)(C#N)NC(=O)COC(=O)[C@H](C)N=C1NS(=O)(=O)c2ccccc21. The van der Waals surface area contributed by atoms with E-state index in [9.17, 15) is 23.3 Å². The number of amides is 1. The Morgan fingerprint density at radius 1 is 1.32 bits per heavy atom. The molecule has 0 spiro atoms. The van der Waals surface area contributed by atoms with Crippen molar-refractivity contribution in [2.75, 3.05) is 6.61 Å². The van der Waals surface area contributed by atoms with E-state index in [4.69, 9.17) is 4.74 Å². The second-order valence-corrected chi connectivity index (χ2v) is 8.53. The number of benzene rings is 1. The highest BCUT2D eigenvalue weighted by Gasteiger charge is 2.32. The molecule has 1 aromatic carbocycles. The van der Waals surface area contributed by atoms with Crippen LogP contribution in [-0.2, 0) is 24.3 Å². The molecule has 1 aliphatic heterocycles. The van der Waals surface area contributed by atoms with Crippen LogP contribution >= 0.6 is 0 Å². The van der Waals surface area contributed by atoms with Gasteiger partial charge in [-0.15, -0.1) is 0 Å². The van der Waals surface area contributed by atoms with Gasteiger partial charge in [-0.3, -0.25) is 14.5 Å². The minimum absolute atomic E-state index is 0.0429. The number of ether oxygens (including phenoxy) is 1. The number of carbonyl (C=O) groups excluding carboxylic acids is 2. The van der Waals surface area contributed by atoms with Crippen LogP contribution in [0.25, 0.3) is 0 Å². The average Bonchev–Trinajstić information content (AvgIpc) is 2.90. The fraction of sp³-hybridized carbons (Fsp3) is 0.444. The lowest BCUT2D eigenvalue weighted by atomic mass is 9.90. The molecule has 0 radical (unpaired) electrons. The van der Waals surface area contributed by atoms with Crippen LogP contribution in [0.5, 0.6) is 0 Å². The van der Waals surface area contributed by atoms with Crippen LogP contribution < -0.4 is 10.0 Å². The molecule has 9 nitrogen and oxygen atoms in total. The number of nitrogens with zero attached hydrogens (tertiary/aromatic N) is 2. The number of aliphatic imine (C=N–C) groups is 1. The molecule has 0 fully saturated rings. The second-order valence-electron chi connectivity index (χ2n) is 6.88. The maximum Gasteiger partial charge on any atom is 0.331 e. The Balaban J connectivity index is 2.02. The number of fused-ring (bicyclic) bond motifs is 1. The zero-order valence-corrected chi connectivity index (χ0v) is 16.8. The summed E-state index contributed by atoms with van der Waals surface area (Å²) in [6.07, 6.45) is 0. The van der Waals surface area contributed by atoms with Gasteiger partial charge in [0.1, 0.15) is 17.4 Å². The molecule has 28 heavy (non-hydrogen) atoms. The van der Waals surface area contributed by atoms with Gasteiger partial charge in [0.25, 0.3) is 15.9 Å². The molecular weight excluding hydrogens is 384 g/mol. The fourth-order valence-corrected chi connectivity index (χ4v) is 3.60. The van der Waals surface area contributed by atoms with E-state index in [0.717, 1.165) is 0 Å². The van der Waals surface area contributed by atoms with Crippen molar-refractivity contribution >= 4 is 27.7 Å². The summed E-state index contributed by atoms with van der Waals surface area (Å²) < 4.78 is 31.4. The van der Waals surface area contributed by atoms with E-state index >= 15 is 0 Å². The Bertz CT molecular complexity index is 964. The Morgan fingerprint density at radius 2 is 1.96 bits per heavy atom. The summed E-state index contributed by atoms with van der Waals surface area (Å²) in [5.74, 6) is -1.51. The predicted molar refractivity (Wildman–Crippen MR) is 101 cm³/mol. The first-order valence-electron chi connectivity index (χ1n) is 8.59. The number of sulfonamides is 1. The third kappa shape index (κ3) is 4.48. The minimum Gasteiger partial charge on any atom is -0.454 e. The maximum absolute atomic E-state index is 12.1. The largest absolute Gasteiger partial charge is 0.454 e. The average molecular weight is 406 g/mol. The van der Waals surface area contributed by atoms with Crippen molar-refractivity contribution in [1.82, 2.24) is 10.0 Å². The van der Waals surface area contributed by atoms with Gasteiger partial charge >= 0.3 is 5.97 Å². The van der Waals surface area contributed by atoms with Crippen LogP contribution in [0.2, 0.25) is 0 Å². The zero-order chi connectivity index (χ0) is 21.1. The summed E-state index contributed by atoms with van der Waals surface area (Å²) in [6, 6.07) is 7.25. The van der Waals surface area contributed by atoms with E-state index in [2.05, 4.69) is 15.0 Å². The summed E-state index contributed by atoms with van der Waals surface area (Å²) in [6.45, 7) is 6.01. The van der Waals surface area contributed by atoms with Gasteiger partial charge in [-0.25, -0.2) is 13.2 Å². The van der Waals surface area contributed by atoms with E-state index in [1.54, 1.807) is 39.0 Å². The van der Waals surface area contributed by atoms with Crippen molar-refractivity contribution in [3.8, 4) is 6.07 Å². The molecule has 10 heteroatoms. The van der Waals surface area contributed by atoms with Crippen molar-refractivity contribution in [3.05, 3.63) is 29.8 Å². The molecule has 0 unspecified atom stereocenters. The molecule has 1 heterocycles. The smallest absolute Gasteiger partial charge is 0.331 e. The van der Waals surface area contributed by atoms with Crippen LogP contribution in [0.4, 0.5) is 0 Å². The molecule has 0 bridgehead atoms. The van der Waals surface area contributed by atoms with E-state index in [0.29, 0.717) is 5.56 Å². The molecule has 1 aliphatic rings.